The van der Waals surface area contributed by atoms with Crippen LogP contribution in [0.2, 0.25) is 0 Å². The van der Waals surface area contributed by atoms with Crippen molar-refractivity contribution in [2.45, 2.75) is 18.9 Å². The van der Waals surface area contributed by atoms with Crippen LogP contribution < -0.4 is 0 Å². The number of carbonyl (C=O) groups excluding carboxylic acids is 1. The molecule has 0 spiro atoms. The highest BCUT2D eigenvalue weighted by Crippen LogP contribution is 2.15. The normalized spacial score (nSPS) is 18.1. The molecule has 0 N–H and O–H groups in total. The van der Waals surface area contributed by atoms with Crippen LogP contribution in [0, 0.1) is 0 Å². The number of rotatable bonds is 2. The lowest BCUT2D eigenvalue weighted by molar-refractivity contribution is 0.0348. The highest BCUT2D eigenvalue weighted by Gasteiger charge is 2.24. The summed E-state index contributed by atoms with van der Waals surface area (Å²) in [6.45, 7) is 1.55. The number of piperidine rings is 1. The monoisotopic (exact) mass is 226 g/mol. The standard InChI is InChI=1S/C10H14N2O2S/c1-14-8-2-4-12(5-3-8)10(13)9-6-15-7-11-9/h6-8H,2-5H2,1H3. The number of aromatic nitrogens is 1. The van der Waals surface area contributed by atoms with Crippen molar-refractivity contribution in [1.29, 1.82) is 0 Å². The zero-order chi connectivity index (χ0) is 10.7. The molecule has 1 fully saturated rings. The lowest BCUT2D eigenvalue weighted by Gasteiger charge is -2.30. The Morgan fingerprint density at radius 3 is 2.87 bits per heavy atom. The minimum atomic E-state index is 0.0470. The summed E-state index contributed by atoms with van der Waals surface area (Å²) in [6.07, 6.45) is 2.16. The van der Waals surface area contributed by atoms with Crippen LogP contribution in [0.4, 0.5) is 0 Å². The number of thiazole rings is 1. The molecule has 0 saturated carbocycles. The van der Waals surface area contributed by atoms with Crippen molar-refractivity contribution in [3.05, 3.63) is 16.6 Å². The average molecular weight is 226 g/mol. The SMILES string of the molecule is COC1CCN(C(=O)c2cscn2)CC1. The molecule has 0 radical (unpaired) electrons. The molecule has 5 heteroatoms. The zero-order valence-corrected chi connectivity index (χ0v) is 9.50. The second-order valence-corrected chi connectivity index (χ2v) is 4.32. The maximum absolute atomic E-state index is 11.9. The first-order chi connectivity index (χ1) is 7.31. The van der Waals surface area contributed by atoms with Gasteiger partial charge < -0.3 is 9.64 Å². The van der Waals surface area contributed by atoms with Crippen molar-refractivity contribution in [2.24, 2.45) is 0 Å². The zero-order valence-electron chi connectivity index (χ0n) is 8.68. The third kappa shape index (κ3) is 2.35. The van der Waals surface area contributed by atoms with Crippen molar-refractivity contribution in [1.82, 2.24) is 9.88 Å². The summed E-state index contributed by atoms with van der Waals surface area (Å²) in [5.74, 6) is 0.0470. The number of hydrogen-bond acceptors (Lipinski definition) is 4. The van der Waals surface area contributed by atoms with E-state index in [2.05, 4.69) is 4.98 Å². The minimum Gasteiger partial charge on any atom is -0.381 e. The topological polar surface area (TPSA) is 42.4 Å². The molecule has 0 unspecified atom stereocenters. The van der Waals surface area contributed by atoms with Gasteiger partial charge in [-0.1, -0.05) is 0 Å². The van der Waals surface area contributed by atoms with Gasteiger partial charge in [-0.25, -0.2) is 4.98 Å². The molecule has 0 aliphatic carbocycles. The third-order valence-corrected chi connectivity index (χ3v) is 3.30. The number of likely N-dealkylation sites (tertiary alicyclic amines) is 1. The van der Waals surface area contributed by atoms with Crippen LogP contribution in [0.1, 0.15) is 23.3 Å². The minimum absolute atomic E-state index is 0.0470. The van der Waals surface area contributed by atoms with E-state index in [1.54, 1.807) is 18.0 Å². The second-order valence-electron chi connectivity index (χ2n) is 3.60. The quantitative estimate of drug-likeness (QED) is 0.765. The van der Waals surface area contributed by atoms with Gasteiger partial charge in [-0.15, -0.1) is 11.3 Å². The van der Waals surface area contributed by atoms with Gasteiger partial charge in [0.15, 0.2) is 0 Å². The third-order valence-electron chi connectivity index (χ3n) is 2.71. The molecule has 1 aliphatic rings. The van der Waals surface area contributed by atoms with Crippen molar-refractivity contribution >= 4 is 17.2 Å². The molecular weight excluding hydrogens is 212 g/mol. The second kappa shape index (κ2) is 4.72. The van der Waals surface area contributed by atoms with Gasteiger partial charge in [0.05, 0.1) is 11.6 Å². The van der Waals surface area contributed by atoms with E-state index in [0.717, 1.165) is 25.9 Å². The van der Waals surface area contributed by atoms with Crippen LogP contribution in [-0.2, 0) is 4.74 Å². The van der Waals surface area contributed by atoms with Gasteiger partial charge in [0.1, 0.15) is 5.69 Å². The fourth-order valence-corrected chi connectivity index (χ4v) is 2.30. The molecule has 1 amide bonds. The summed E-state index contributed by atoms with van der Waals surface area (Å²) in [5, 5.41) is 1.80. The summed E-state index contributed by atoms with van der Waals surface area (Å²) in [5.41, 5.74) is 2.26. The van der Waals surface area contributed by atoms with E-state index in [1.807, 2.05) is 4.90 Å². The Balaban J connectivity index is 1.93. The van der Waals surface area contributed by atoms with Gasteiger partial charge in [-0.05, 0) is 12.8 Å². The Kier molecular flexibility index (Phi) is 3.33. The summed E-state index contributed by atoms with van der Waals surface area (Å²) in [7, 11) is 1.72. The average Bonchev–Trinajstić information content (AvgIpc) is 2.82. The van der Waals surface area contributed by atoms with Gasteiger partial charge in [0.25, 0.3) is 5.91 Å². The molecule has 0 bridgehead atoms. The number of carbonyl (C=O) groups is 1. The van der Waals surface area contributed by atoms with E-state index >= 15 is 0 Å². The number of methoxy groups -OCH3 is 1. The number of ether oxygens (including phenoxy) is 1. The summed E-state index contributed by atoms with van der Waals surface area (Å²) < 4.78 is 5.26. The number of amides is 1. The van der Waals surface area contributed by atoms with Crippen molar-refractivity contribution in [2.75, 3.05) is 20.2 Å². The van der Waals surface area contributed by atoms with Crippen molar-refractivity contribution in [3.63, 3.8) is 0 Å². The molecule has 2 rings (SSSR count). The van der Waals surface area contributed by atoms with Gasteiger partial charge in [-0.3, -0.25) is 4.79 Å². The predicted molar refractivity (Wildman–Crippen MR) is 58.0 cm³/mol. The first-order valence-corrected chi connectivity index (χ1v) is 5.96. The van der Waals surface area contributed by atoms with Gasteiger partial charge in [-0.2, -0.15) is 0 Å². The number of nitrogens with zero attached hydrogens (tertiary/aromatic N) is 2. The Hall–Kier alpha value is -0.940. The molecule has 1 aromatic heterocycles. The highest BCUT2D eigenvalue weighted by molar-refractivity contribution is 7.07. The lowest BCUT2D eigenvalue weighted by Crippen LogP contribution is -2.40. The van der Waals surface area contributed by atoms with E-state index in [9.17, 15) is 4.79 Å². The molecular formula is C10H14N2O2S. The Labute approximate surface area is 92.9 Å². The van der Waals surface area contributed by atoms with Crippen LogP contribution >= 0.6 is 11.3 Å². The van der Waals surface area contributed by atoms with Gasteiger partial charge >= 0.3 is 0 Å². The Morgan fingerprint density at radius 1 is 1.60 bits per heavy atom. The van der Waals surface area contributed by atoms with E-state index < -0.39 is 0 Å². The first-order valence-electron chi connectivity index (χ1n) is 5.01. The fourth-order valence-electron chi connectivity index (χ4n) is 1.77. The molecule has 0 atom stereocenters. The maximum Gasteiger partial charge on any atom is 0.273 e. The molecule has 0 aromatic carbocycles. The van der Waals surface area contributed by atoms with E-state index in [0.29, 0.717) is 11.8 Å². The fraction of sp³-hybridized carbons (Fsp3) is 0.600. The van der Waals surface area contributed by atoms with Crippen LogP contribution in [-0.4, -0.2) is 42.1 Å². The molecule has 1 aliphatic heterocycles. The summed E-state index contributed by atoms with van der Waals surface area (Å²) >= 11 is 1.45. The van der Waals surface area contributed by atoms with Crippen LogP contribution in [0.3, 0.4) is 0 Å². The summed E-state index contributed by atoms with van der Waals surface area (Å²) in [4.78, 5) is 17.8. The molecule has 4 nitrogen and oxygen atoms in total. The van der Waals surface area contributed by atoms with Crippen molar-refractivity contribution < 1.29 is 9.53 Å². The number of hydrogen-bond donors (Lipinski definition) is 0. The van der Waals surface area contributed by atoms with Crippen LogP contribution in [0.25, 0.3) is 0 Å². The molecule has 2 heterocycles. The highest BCUT2D eigenvalue weighted by atomic mass is 32.1. The smallest absolute Gasteiger partial charge is 0.273 e. The predicted octanol–water partition coefficient (Wildman–Crippen LogP) is 1.39. The Morgan fingerprint density at radius 2 is 2.33 bits per heavy atom. The van der Waals surface area contributed by atoms with Crippen molar-refractivity contribution in [3.8, 4) is 0 Å². The lowest BCUT2D eigenvalue weighted by atomic mass is 10.1. The van der Waals surface area contributed by atoms with E-state index in [-0.39, 0.29) is 5.91 Å². The molecule has 82 valence electrons. The van der Waals surface area contributed by atoms with Crippen LogP contribution in [0.15, 0.2) is 10.9 Å². The maximum atomic E-state index is 11.9. The largest absolute Gasteiger partial charge is 0.381 e. The van der Waals surface area contributed by atoms with Gasteiger partial charge in [0.2, 0.25) is 0 Å². The van der Waals surface area contributed by atoms with E-state index in [4.69, 9.17) is 4.74 Å². The van der Waals surface area contributed by atoms with E-state index in [1.165, 1.54) is 11.3 Å². The molecule has 1 aromatic rings. The van der Waals surface area contributed by atoms with Crippen LogP contribution in [0.5, 0.6) is 0 Å². The van der Waals surface area contributed by atoms with Gasteiger partial charge in [0, 0.05) is 25.6 Å². The molecule has 1 saturated heterocycles. The first kappa shape index (κ1) is 10.6. The molecule has 15 heavy (non-hydrogen) atoms. The summed E-state index contributed by atoms with van der Waals surface area (Å²) in [6, 6.07) is 0. The Bertz CT molecular complexity index is 318.